The Bertz CT molecular complexity index is 698. The molecule has 0 saturated carbocycles. The Morgan fingerprint density at radius 3 is 2.36 bits per heavy atom. The molecule has 0 aliphatic heterocycles. The van der Waals surface area contributed by atoms with Crippen LogP contribution >= 0.6 is 0 Å². The smallest absolute Gasteiger partial charge is 0.313 e. The predicted octanol–water partition coefficient (Wildman–Crippen LogP) is -0.527. The number of carbonyl (C=O) groups excluding carboxylic acids is 1. The van der Waals surface area contributed by atoms with Gasteiger partial charge in [-0.15, -0.1) is 0 Å². The zero-order valence-electron chi connectivity index (χ0n) is 11.5. The molecule has 1 heterocycles. The van der Waals surface area contributed by atoms with Crippen LogP contribution in [-0.2, 0) is 12.4 Å². The Morgan fingerprint density at radius 1 is 1.36 bits per heavy atom. The molecule has 118 valence electrons. The first-order chi connectivity index (χ1) is 10.3. The van der Waals surface area contributed by atoms with E-state index in [2.05, 4.69) is 19.2 Å². The van der Waals surface area contributed by atoms with E-state index in [4.69, 9.17) is 9.35 Å². The molecule has 0 aliphatic rings. The fourth-order valence-electron chi connectivity index (χ4n) is 1.29. The van der Waals surface area contributed by atoms with E-state index in [0.717, 1.165) is 0 Å². The SMILES string of the molecule is CC(=O)Nc1ccc([As](=O)(O)OO)cc1.O=c1nccc[nH]1. The van der Waals surface area contributed by atoms with Crippen molar-refractivity contribution in [3.63, 3.8) is 0 Å². The van der Waals surface area contributed by atoms with Crippen molar-refractivity contribution in [2.45, 2.75) is 6.92 Å². The summed E-state index contributed by atoms with van der Waals surface area (Å²) in [4.78, 5) is 26.5. The Morgan fingerprint density at radius 2 is 2.00 bits per heavy atom. The molecule has 9 nitrogen and oxygen atoms in total. The van der Waals surface area contributed by atoms with Crippen molar-refractivity contribution < 1.29 is 21.8 Å². The average Bonchev–Trinajstić information content (AvgIpc) is 2.48. The van der Waals surface area contributed by atoms with E-state index in [1.165, 1.54) is 43.6 Å². The van der Waals surface area contributed by atoms with Crippen LogP contribution in [0.2, 0.25) is 0 Å². The van der Waals surface area contributed by atoms with Gasteiger partial charge in [-0.1, -0.05) is 0 Å². The Labute approximate surface area is 127 Å². The minimum Gasteiger partial charge on any atom is -0.313 e. The van der Waals surface area contributed by atoms with E-state index in [0.29, 0.717) is 5.69 Å². The molecule has 0 saturated heterocycles. The predicted molar refractivity (Wildman–Crippen MR) is 77.6 cm³/mol. The Kier molecular flexibility index (Phi) is 6.74. The Hall–Kier alpha value is -2.19. The standard InChI is InChI=1S/C8H10AsNO5.C4H4N2O/c1-6(11)10-8-4-2-7(3-5-8)9(12,13)15-14;7-4-5-2-1-3-6-4/h2-5,14H,1H3,(H,10,11)(H,12,13);1-3H,(H,5,6,7). The maximum Gasteiger partial charge on any atom is 0.344 e. The number of nitrogens with zero attached hydrogens (tertiary/aromatic N) is 1. The Balaban J connectivity index is 0.000000287. The molecule has 2 aromatic rings. The maximum atomic E-state index is 11.2. The van der Waals surface area contributed by atoms with E-state index in [9.17, 15) is 13.3 Å². The average molecular weight is 371 g/mol. The summed E-state index contributed by atoms with van der Waals surface area (Å²) < 4.78 is 23.8. The van der Waals surface area contributed by atoms with Crippen LogP contribution < -0.4 is 15.4 Å². The van der Waals surface area contributed by atoms with Crippen LogP contribution in [-0.4, -0.2) is 39.4 Å². The van der Waals surface area contributed by atoms with Crippen LogP contribution in [0.25, 0.3) is 0 Å². The van der Waals surface area contributed by atoms with Gasteiger partial charge in [0.25, 0.3) is 0 Å². The fraction of sp³-hybridized carbons (Fsp3) is 0.0833. The van der Waals surface area contributed by atoms with Gasteiger partial charge in [-0.2, -0.15) is 0 Å². The molecular formula is C12H14AsN3O6. The van der Waals surface area contributed by atoms with Crippen molar-refractivity contribution in [1.29, 1.82) is 0 Å². The molecule has 1 atom stereocenters. The van der Waals surface area contributed by atoms with Gasteiger partial charge in [-0.3, -0.25) is 0 Å². The number of H-pyrrole nitrogens is 1. The topological polar surface area (TPSA) is 142 Å². The van der Waals surface area contributed by atoms with Gasteiger partial charge in [0, 0.05) is 12.4 Å². The van der Waals surface area contributed by atoms with Crippen LogP contribution in [0.3, 0.4) is 0 Å². The summed E-state index contributed by atoms with van der Waals surface area (Å²) >= 11 is -4.76. The first kappa shape index (κ1) is 17.9. The normalized spacial score (nSPS) is 12.5. The summed E-state index contributed by atoms with van der Waals surface area (Å²) in [7, 11) is 0. The van der Waals surface area contributed by atoms with E-state index in [1.54, 1.807) is 6.07 Å². The molecule has 0 fully saturated rings. The number of benzene rings is 1. The van der Waals surface area contributed by atoms with Crippen molar-refractivity contribution in [3.8, 4) is 0 Å². The van der Waals surface area contributed by atoms with Gasteiger partial charge in [-0.05, 0) is 6.07 Å². The number of nitrogens with one attached hydrogen (secondary N) is 2. The van der Waals surface area contributed by atoms with Crippen molar-refractivity contribution in [2.75, 3.05) is 5.32 Å². The minimum atomic E-state index is -4.76. The molecule has 1 aromatic carbocycles. The molecule has 0 radical (unpaired) electrons. The number of hydrogen-bond acceptors (Lipinski definition) is 6. The minimum absolute atomic E-state index is 0.00438. The third kappa shape index (κ3) is 6.06. The first-order valence-corrected chi connectivity index (χ1v) is 9.20. The number of carbonyl (C=O) groups is 1. The molecular weight excluding hydrogens is 357 g/mol. The van der Waals surface area contributed by atoms with E-state index in [1.807, 2.05) is 0 Å². The van der Waals surface area contributed by atoms with Crippen molar-refractivity contribution in [2.24, 2.45) is 0 Å². The van der Waals surface area contributed by atoms with Crippen molar-refractivity contribution >= 4 is 30.1 Å². The van der Waals surface area contributed by atoms with Crippen LogP contribution in [0.1, 0.15) is 6.92 Å². The molecule has 0 spiro atoms. The van der Waals surface area contributed by atoms with E-state index in [-0.39, 0.29) is 15.9 Å². The summed E-state index contributed by atoms with van der Waals surface area (Å²) in [6.07, 6.45) is 2.98. The molecule has 2 rings (SSSR count). The second-order valence-corrected chi connectivity index (χ2v) is 7.53. The molecule has 22 heavy (non-hydrogen) atoms. The van der Waals surface area contributed by atoms with Gasteiger partial charge in [0.2, 0.25) is 0 Å². The second kappa shape index (κ2) is 8.30. The zero-order chi connectivity index (χ0) is 16.6. The largest absolute Gasteiger partial charge is 0.344 e. The molecule has 0 bridgehead atoms. The molecule has 1 aromatic heterocycles. The van der Waals surface area contributed by atoms with Gasteiger partial charge in [0.15, 0.2) is 0 Å². The monoisotopic (exact) mass is 371 g/mol. The van der Waals surface area contributed by atoms with E-state index < -0.39 is 14.2 Å². The van der Waals surface area contributed by atoms with Gasteiger partial charge in [0.05, 0.1) is 0 Å². The molecule has 0 aliphatic carbocycles. The van der Waals surface area contributed by atoms with Crippen molar-refractivity contribution in [1.82, 2.24) is 9.97 Å². The van der Waals surface area contributed by atoms with Crippen LogP contribution in [0.4, 0.5) is 5.69 Å². The van der Waals surface area contributed by atoms with Gasteiger partial charge in [0.1, 0.15) is 0 Å². The number of hydrogen-bond donors (Lipinski definition) is 4. The van der Waals surface area contributed by atoms with Crippen molar-refractivity contribution in [3.05, 3.63) is 53.2 Å². The number of anilines is 1. The number of aromatic nitrogens is 2. The molecule has 1 amide bonds. The van der Waals surface area contributed by atoms with E-state index >= 15 is 0 Å². The van der Waals surface area contributed by atoms with Crippen LogP contribution in [0.5, 0.6) is 0 Å². The van der Waals surface area contributed by atoms with Crippen LogP contribution in [0, 0.1) is 0 Å². The van der Waals surface area contributed by atoms with Gasteiger partial charge < -0.3 is 4.98 Å². The molecule has 1 unspecified atom stereocenters. The van der Waals surface area contributed by atoms with Gasteiger partial charge in [-0.25, -0.2) is 9.78 Å². The summed E-state index contributed by atoms with van der Waals surface area (Å²) in [5.41, 5.74) is 0.196. The molecule has 10 heteroatoms. The summed E-state index contributed by atoms with van der Waals surface area (Å²) in [5.74, 6) is -0.237. The number of amides is 1. The zero-order valence-corrected chi connectivity index (χ0v) is 13.3. The van der Waals surface area contributed by atoms with Crippen LogP contribution in [0.15, 0.2) is 47.5 Å². The second-order valence-electron chi connectivity index (χ2n) is 3.92. The summed E-state index contributed by atoms with van der Waals surface area (Å²) in [6, 6.07) is 7.16. The molecule has 4 N–H and O–H groups in total. The summed E-state index contributed by atoms with van der Waals surface area (Å²) in [6.45, 7) is 1.35. The third-order valence-corrected chi connectivity index (χ3v) is 4.66. The fourth-order valence-corrected chi connectivity index (χ4v) is 2.60. The van der Waals surface area contributed by atoms with Gasteiger partial charge >= 0.3 is 94.1 Å². The number of rotatable bonds is 3. The third-order valence-electron chi connectivity index (χ3n) is 2.21. The number of aromatic amines is 1. The first-order valence-electron chi connectivity index (χ1n) is 5.89. The maximum absolute atomic E-state index is 11.2. The summed E-state index contributed by atoms with van der Waals surface area (Å²) in [5, 5.41) is 10.7. The quantitative estimate of drug-likeness (QED) is 0.323.